The summed E-state index contributed by atoms with van der Waals surface area (Å²) in [6.07, 6.45) is -5.45. The van der Waals surface area contributed by atoms with Gasteiger partial charge in [0.1, 0.15) is 24.4 Å². The van der Waals surface area contributed by atoms with E-state index in [0.29, 0.717) is 5.56 Å². The average Bonchev–Trinajstić information content (AvgIpc) is 2.48. The molecule has 0 aromatic heterocycles. The number of benzene rings is 1. The summed E-state index contributed by atoms with van der Waals surface area (Å²) in [5.74, 6) is -0.507. The zero-order valence-electron chi connectivity index (χ0n) is 10.6. The van der Waals surface area contributed by atoms with E-state index in [9.17, 15) is 20.1 Å². The normalized spacial score (nSPS) is 33.7. The molecular weight excluding hydrogens is 266 g/mol. The van der Waals surface area contributed by atoms with Crippen molar-refractivity contribution >= 4 is 5.91 Å². The van der Waals surface area contributed by atoms with Crippen molar-refractivity contribution in [3.63, 3.8) is 0 Å². The van der Waals surface area contributed by atoms with Gasteiger partial charge >= 0.3 is 0 Å². The van der Waals surface area contributed by atoms with Crippen molar-refractivity contribution in [1.82, 2.24) is 5.32 Å². The monoisotopic (exact) mass is 283 g/mol. The third-order valence-electron chi connectivity index (χ3n) is 3.23. The van der Waals surface area contributed by atoms with Crippen molar-refractivity contribution in [2.45, 2.75) is 30.6 Å². The van der Waals surface area contributed by atoms with Gasteiger partial charge in [-0.25, -0.2) is 0 Å². The van der Waals surface area contributed by atoms with Crippen LogP contribution in [-0.2, 0) is 4.74 Å². The van der Waals surface area contributed by atoms with Gasteiger partial charge in [-0.1, -0.05) is 18.2 Å². The van der Waals surface area contributed by atoms with Crippen LogP contribution in [0, 0.1) is 0 Å². The zero-order valence-corrected chi connectivity index (χ0v) is 10.6. The minimum absolute atomic E-state index is 0.352. The molecule has 0 bridgehead atoms. The van der Waals surface area contributed by atoms with Crippen molar-refractivity contribution in [1.29, 1.82) is 0 Å². The third kappa shape index (κ3) is 2.97. The van der Waals surface area contributed by atoms with Crippen molar-refractivity contribution in [2.75, 3.05) is 6.61 Å². The Balaban J connectivity index is 2.07. The van der Waals surface area contributed by atoms with Crippen LogP contribution in [0.15, 0.2) is 30.3 Å². The number of rotatable bonds is 3. The molecule has 1 fully saturated rings. The molecule has 7 heteroatoms. The van der Waals surface area contributed by atoms with Crippen LogP contribution in [0.5, 0.6) is 0 Å². The Morgan fingerprint density at radius 2 is 1.80 bits per heavy atom. The van der Waals surface area contributed by atoms with Gasteiger partial charge in [-0.05, 0) is 12.1 Å². The number of aliphatic hydroxyl groups is 4. The standard InChI is InChI=1S/C13H17NO6/c15-6-8-10(16)11(17)9(13(19)20-8)14-12(18)7-4-2-1-3-5-7/h1-5,8-11,13,15-17,19H,6H2,(H,14,18)/t8?,9-,10?,11+,13?/m0/s1. The summed E-state index contributed by atoms with van der Waals surface area (Å²) in [7, 11) is 0. The van der Waals surface area contributed by atoms with Gasteiger partial charge in [0, 0.05) is 5.56 Å². The first-order valence-corrected chi connectivity index (χ1v) is 6.21. The number of aliphatic hydroxyl groups excluding tert-OH is 4. The van der Waals surface area contributed by atoms with Crippen LogP contribution in [0.4, 0.5) is 0 Å². The zero-order chi connectivity index (χ0) is 14.7. The Hall–Kier alpha value is -1.51. The lowest BCUT2D eigenvalue weighted by Crippen LogP contribution is -2.64. The summed E-state index contributed by atoms with van der Waals surface area (Å²) in [6.45, 7) is -0.547. The second kappa shape index (κ2) is 6.29. The molecule has 1 aromatic rings. The minimum atomic E-state index is -1.52. The van der Waals surface area contributed by atoms with Crippen LogP contribution in [0.1, 0.15) is 10.4 Å². The number of nitrogens with one attached hydrogen (secondary N) is 1. The summed E-state index contributed by atoms with van der Waals surface area (Å²) in [5, 5.41) is 40.7. The highest BCUT2D eigenvalue weighted by Crippen LogP contribution is 2.20. The molecule has 5 atom stereocenters. The van der Waals surface area contributed by atoms with Crippen LogP contribution < -0.4 is 5.32 Å². The summed E-state index contributed by atoms with van der Waals surface area (Å²) >= 11 is 0. The van der Waals surface area contributed by atoms with Crippen molar-refractivity contribution in [3.8, 4) is 0 Å². The Labute approximate surface area is 115 Å². The molecule has 1 saturated heterocycles. The van der Waals surface area contributed by atoms with E-state index in [1.807, 2.05) is 0 Å². The number of ether oxygens (including phenoxy) is 1. The third-order valence-corrected chi connectivity index (χ3v) is 3.23. The average molecular weight is 283 g/mol. The summed E-state index contributed by atoms with van der Waals surface area (Å²) < 4.78 is 4.95. The maximum atomic E-state index is 11.9. The Morgan fingerprint density at radius 1 is 1.15 bits per heavy atom. The van der Waals surface area contributed by atoms with E-state index in [4.69, 9.17) is 9.84 Å². The Morgan fingerprint density at radius 3 is 2.40 bits per heavy atom. The lowest BCUT2D eigenvalue weighted by atomic mass is 9.97. The Bertz CT molecular complexity index is 453. The SMILES string of the molecule is O=C(N[C@@H]1C(O)OC(CO)C(O)[C@@H]1O)c1ccccc1. The summed E-state index contributed by atoms with van der Waals surface area (Å²) in [4.78, 5) is 11.9. The fraction of sp³-hybridized carbons (Fsp3) is 0.462. The van der Waals surface area contributed by atoms with Gasteiger partial charge in [0.2, 0.25) is 0 Å². The minimum Gasteiger partial charge on any atom is -0.394 e. The predicted octanol–water partition coefficient (Wildman–Crippen LogP) is -1.78. The lowest BCUT2D eigenvalue weighted by molar-refractivity contribution is -0.252. The first kappa shape index (κ1) is 14.9. The van der Waals surface area contributed by atoms with E-state index >= 15 is 0 Å². The fourth-order valence-electron chi connectivity index (χ4n) is 2.08. The van der Waals surface area contributed by atoms with E-state index in [2.05, 4.69) is 5.32 Å². The number of carbonyl (C=O) groups is 1. The molecule has 2 rings (SSSR count). The molecule has 0 spiro atoms. The maximum Gasteiger partial charge on any atom is 0.251 e. The van der Waals surface area contributed by atoms with Gasteiger partial charge in [-0.2, -0.15) is 0 Å². The van der Waals surface area contributed by atoms with Gasteiger partial charge in [-0.3, -0.25) is 4.79 Å². The van der Waals surface area contributed by atoms with Crippen molar-refractivity contribution < 1.29 is 30.0 Å². The smallest absolute Gasteiger partial charge is 0.251 e. The molecule has 5 N–H and O–H groups in total. The second-order valence-electron chi connectivity index (χ2n) is 4.59. The van der Waals surface area contributed by atoms with Crippen LogP contribution in [0.25, 0.3) is 0 Å². The lowest BCUT2D eigenvalue weighted by Gasteiger charge is -2.40. The number of hydrogen-bond donors (Lipinski definition) is 5. The van der Waals surface area contributed by atoms with Crippen LogP contribution >= 0.6 is 0 Å². The van der Waals surface area contributed by atoms with Gasteiger partial charge in [0.15, 0.2) is 6.29 Å². The molecule has 0 aliphatic carbocycles. The van der Waals surface area contributed by atoms with E-state index in [1.54, 1.807) is 30.3 Å². The number of amides is 1. The molecule has 1 aromatic carbocycles. The first-order valence-electron chi connectivity index (χ1n) is 6.21. The van der Waals surface area contributed by atoms with Crippen molar-refractivity contribution in [2.24, 2.45) is 0 Å². The molecule has 110 valence electrons. The molecule has 1 aliphatic rings. The van der Waals surface area contributed by atoms with Gasteiger partial charge < -0.3 is 30.5 Å². The van der Waals surface area contributed by atoms with Crippen LogP contribution in [-0.4, -0.2) is 63.6 Å². The summed E-state index contributed by atoms with van der Waals surface area (Å²) in [6, 6.07) is 7.07. The molecule has 0 radical (unpaired) electrons. The van der Waals surface area contributed by atoms with Crippen molar-refractivity contribution in [3.05, 3.63) is 35.9 Å². The van der Waals surface area contributed by atoms with Crippen LogP contribution in [0.2, 0.25) is 0 Å². The molecule has 7 nitrogen and oxygen atoms in total. The number of hydrogen-bond acceptors (Lipinski definition) is 6. The van der Waals surface area contributed by atoms with Gasteiger partial charge in [-0.15, -0.1) is 0 Å². The summed E-state index contributed by atoms with van der Waals surface area (Å²) in [5.41, 5.74) is 0.352. The molecular formula is C13H17NO6. The highest BCUT2D eigenvalue weighted by molar-refractivity contribution is 5.94. The Kier molecular flexibility index (Phi) is 4.69. The molecule has 3 unspecified atom stereocenters. The molecule has 1 heterocycles. The largest absolute Gasteiger partial charge is 0.394 e. The molecule has 0 saturated carbocycles. The van der Waals surface area contributed by atoms with Gasteiger partial charge in [0.25, 0.3) is 5.91 Å². The predicted molar refractivity (Wildman–Crippen MR) is 67.7 cm³/mol. The van der Waals surface area contributed by atoms with Gasteiger partial charge in [0.05, 0.1) is 6.61 Å². The van der Waals surface area contributed by atoms with E-state index in [1.165, 1.54) is 0 Å². The fourth-order valence-corrected chi connectivity index (χ4v) is 2.08. The number of carbonyl (C=O) groups excluding carboxylic acids is 1. The molecule has 1 aliphatic heterocycles. The van der Waals surface area contributed by atoms with E-state index in [-0.39, 0.29) is 0 Å². The molecule has 20 heavy (non-hydrogen) atoms. The highest BCUT2D eigenvalue weighted by atomic mass is 16.6. The second-order valence-corrected chi connectivity index (χ2v) is 4.59. The maximum absolute atomic E-state index is 11.9. The topological polar surface area (TPSA) is 119 Å². The van der Waals surface area contributed by atoms with Crippen LogP contribution in [0.3, 0.4) is 0 Å². The highest BCUT2D eigenvalue weighted by Gasteiger charge is 2.44. The van der Waals surface area contributed by atoms with E-state index < -0.39 is 43.2 Å². The molecule has 1 amide bonds. The van der Waals surface area contributed by atoms with E-state index in [0.717, 1.165) is 0 Å². The quantitative estimate of drug-likeness (QED) is 0.447. The first-order chi connectivity index (χ1) is 9.54.